The molecule has 1 aromatic carbocycles. The van der Waals surface area contributed by atoms with Gasteiger partial charge in [0.25, 0.3) is 5.91 Å². The summed E-state index contributed by atoms with van der Waals surface area (Å²) in [5, 5.41) is 18.9. The number of benzene rings is 1. The third-order valence-electron chi connectivity index (χ3n) is 6.18. The van der Waals surface area contributed by atoms with E-state index in [0.717, 1.165) is 24.0 Å². The lowest BCUT2D eigenvalue weighted by molar-refractivity contribution is -0.389. The number of carbonyl (C=O) groups excluding carboxylic acids is 2. The van der Waals surface area contributed by atoms with E-state index < -0.39 is 10.8 Å². The third-order valence-corrected chi connectivity index (χ3v) is 6.18. The van der Waals surface area contributed by atoms with Crippen molar-refractivity contribution in [3.63, 3.8) is 0 Å². The number of likely N-dealkylation sites (N-methyl/N-ethyl adjacent to an activating group) is 1. The van der Waals surface area contributed by atoms with Crippen molar-refractivity contribution in [1.29, 1.82) is 0 Å². The highest BCUT2D eigenvalue weighted by Crippen LogP contribution is 2.21. The van der Waals surface area contributed by atoms with Crippen molar-refractivity contribution in [2.45, 2.75) is 6.54 Å². The first-order valence-corrected chi connectivity index (χ1v) is 11.7. The number of aromatic nitrogens is 4. The fourth-order valence-electron chi connectivity index (χ4n) is 4.09. The van der Waals surface area contributed by atoms with Gasteiger partial charge in [-0.1, -0.05) is 6.07 Å². The zero-order chi connectivity index (χ0) is 25.9. The Bertz CT molecular complexity index is 1480. The van der Waals surface area contributed by atoms with Gasteiger partial charge in [-0.3, -0.25) is 14.3 Å². The lowest BCUT2D eigenvalue weighted by atomic mass is 10.1. The SMILES string of the molecule is CN1CCN(C(=O)Cn2cc3cc(NC(=O)c4cccc(-c5ccc([N+](=O)[O-])nc5)n4)ccc3n2)CC1. The number of nitro groups is 1. The molecule has 188 valence electrons. The van der Waals surface area contributed by atoms with Crippen LogP contribution in [0.4, 0.5) is 11.5 Å². The van der Waals surface area contributed by atoms with E-state index in [9.17, 15) is 19.7 Å². The van der Waals surface area contributed by atoms with Gasteiger partial charge >= 0.3 is 5.82 Å². The predicted octanol–water partition coefficient (Wildman–Crippen LogP) is 2.43. The highest BCUT2D eigenvalue weighted by molar-refractivity contribution is 6.04. The van der Waals surface area contributed by atoms with Crippen molar-refractivity contribution in [2.24, 2.45) is 0 Å². The summed E-state index contributed by atoms with van der Waals surface area (Å²) in [5.74, 6) is -0.641. The Labute approximate surface area is 211 Å². The molecule has 1 saturated heterocycles. The largest absolute Gasteiger partial charge is 0.363 e. The van der Waals surface area contributed by atoms with E-state index in [1.54, 1.807) is 47.3 Å². The lowest BCUT2D eigenvalue weighted by Gasteiger charge is -2.32. The Morgan fingerprint density at radius 1 is 1.08 bits per heavy atom. The van der Waals surface area contributed by atoms with Crippen LogP contribution in [0.3, 0.4) is 0 Å². The molecule has 4 aromatic rings. The van der Waals surface area contributed by atoms with Crippen molar-refractivity contribution in [2.75, 3.05) is 38.5 Å². The second kappa shape index (κ2) is 10.1. The van der Waals surface area contributed by atoms with Gasteiger partial charge in [0.1, 0.15) is 18.4 Å². The van der Waals surface area contributed by atoms with Crippen molar-refractivity contribution < 1.29 is 14.5 Å². The van der Waals surface area contributed by atoms with Gasteiger partial charge < -0.3 is 25.2 Å². The molecule has 0 radical (unpaired) electrons. The molecule has 1 N–H and O–H groups in total. The molecule has 12 nitrogen and oxygen atoms in total. The maximum Gasteiger partial charge on any atom is 0.363 e. The number of pyridine rings is 2. The molecular weight excluding hydrogens is 476 g/mol. The van der Waals surface area contributed by atoms with Crippen LogP contribution in [0.2, 0.25) is 0 Å². The summed E-state index contributed by atoms with van der Waals surface area (Å²) in [5.41, 5.74) is 2.49. The normalized spacial score (nSPS) is 14.0. The van der Waals surface area contributed by atoms with Gasteiger partial charge in [0.15, 0.2) is 0 Å². The molecule has 2 amide bonds. The average molecular weight is 501 g/mol. The Kier molecular flexibility index (Phi) is 6.56. The van der Waals surface area contributed by atoms with Gasteiger partial charge in [-0.2, -0.15) is 5.10 Å². The summed E-state index contributed by atoms with van der Waals surface area (Å²) < 4.78 is 1.63. The molecule has 0 bridgehead atoms. The Balaban J connectivity index is 1.27. The topological polar surface area (TPSA) is 139 Å². The summed E-state index contributed by atoms with van der Waals surface area (Å²) in [6.45, 7) is 3.30. The molecule has 5 rings (SSSR count). The van der Waals surface area contributed by atoms with Crippen LogP contribution >= 0.6 is 0 Å². The first kappa shape index (κ1) is 24.0. The van der Waals surface area contributed by atoms with Crippen LogP contribution in [-0.2, 0) is 11.3 Å². The summed E-state index contributed by atoms with van der Waals surface area (Å²) >= 11 is 0. The molecule has 1 aliphatic rings. The van der Waals surface area contributed by atoms with Gasteiger partial charge in [-0.25, -0.2) is 4.98 Å². The fourth-order valence-corrected chi connectivity index (χ4v) is 4.09. The minimum Gasteiger partial charge on any atom is -0.358 e. The molecule has 0 saturated carbocycles. The number of piperazine rings is 1. The molecule has 12 heteroatoms. The number of fused-ring (bicyclic) bond motifs is 1. The van der Waals surface area contributed by atoms with Crippen LogP contribution in [0.15, 0.2) is 60.9 Å². The van der Waals surface area contributed by atoms with E-state index in [0.29, 0.717) is 30.0 Å². The quantitative estimate of drug-likeness (QED) is 0.315. The van der Waals surface area contributed by atoms with Crippen LogP contribution in [0.5, 0.6) is 0 Å². The summed E-state index contributed by atoms with van der Waals surface area (Å²) in [6, 6.07) is 13.1. The maximum atomic E-state index is 12.9. The van der Waals surface area contributed by atoms with Crippen molar-refractivity contribution in [3.05, 3.63) is 76.7 Å². The summed E-state index contributed by atoms with van der Waals surface area (Å²) in [4.78, 5) is 48.0. The number of hydrogen-bond acceptors (Lipinski definition) is 8. The summed E-state index contributed by atoms with van der Waals surface area (Å²) in [7, 11) is 2.04. The third kappa shape index (κ3) is 5.43. The van der Waals surface area contributed by atoms with Gasteiger partial charge in [0.05, 0.1) is 11.2 Å². The number of anilines is 1. The van der Waals surface area contributed by atoms with Crippen LogP contribution in [-0.4, -0.2) is 79.5 Å². The van der Waals surface area contributed by atoms with Crippen molar-refractivity contribution >= 4 is 34.2 Å². The first-order valence-electron chi connectivity index (χ1n) is 11.7. The Morgan fingerprint density at radius 2 is 1.89 bits per heavy atom. The number of rotatable bonds is 6. The second-order valence-electron chi connectivity index (χ2n) is 8.81. The van der Waals surface area contributed by atoms with E-state index in [1.165, 1.54) is 18.3 Å². The number of carbonyl (C=O) groups is 2. The summed E-state index contributed by atoms with van der Waals surface area (Å²) in [6.07, 6.45) is 3.14. The van der Waals surface area contributed by atoms with Gasteiger partial charge in [-0.15, -0.1) is 0 Å². The molecule has 0 aliphatic carbocycles. The zero-order valence-electron chi connectivity index (χ0n) is 20.1. The highest BCUT2D eigenvalue weighted by Gasteiger charge is 2.20. The fraction of sp³-hybridized carbons (Fsp3) is 0.240. The number of nitrogens with one attached hydrogen (secondary N) is 1. The smallest absolute Gasteiger partial charge is 0.358 e. The van der Waals surface area contributed by atoms with E-state index in [2.05, 4.69) is 25.3 Å². The monoisotopic (exact) mass is 500 g/mol. The number of nitrogens with zero attached hydrogens (tertiary/aromatic N) is 7. The molecule has 0 spiro atoms. The Morgan fingerprint density at radius 3 is 2.62 bits per heavy atom. The molecule has 0 unspecified atom stereocenters. The minimum absolute atomic E-state index is 0.0311. The molecule has 0 atom stereocenters. The lowest BCUT2D eigenvalue weighted by Crippen LogP contribution is -2.48. The molecule has 3 aromatic heterocycles. The van der Waals surface area contributed by atoms with Gasteiger partial charge in [0.2, 0.25) is 5.91 Å². The zero-order valence-corrected chi connectivity index (χ0v) is 20.1. The standard InChI is InChI=1S/C25H24N8O4/c1-30-9-11-31(12-10-30)24(34)16-32-15-18-13-19(6-7-21(18)29-32)27-25(35)22-4-2-3-20(28-22)17-5-8-23(26-14-17)33(36)37/h2-8,13-15H,9-12,16H2,1H3,(H,27,35). The van der Waals surface area contributed by atoms with Gasteiger partial charge in [-0.05, 0) is 53.4 Å². The molecule has 37 heavy (non-hydrogen) atoms. The van der Waals surface area contributed by atoms with E-state index in [1.807, 2.05) is 11.9 Å². The number of hydrogen-bond donors (Lipinski definition) is 1. The van der Waals surface area contributed by atoms with Crippen LogP contribution < -0.4 is 5.32 Å². The molecule has 1 fully saturated rings. The van der Waals surface area contributed by atoms with Crippen molar-refractivity contribution in [1.82, 2.24) is 29.5 Å². The molecule has 4 heterocycles. The highest BCUT2D eigenvalue weighted by atomic mass is 16.6. The maximum absolute atomic E-state index is 12.9. The molecule has 1 aliphatic heterocycles. The molecular formula is C25H24N8O4. The van der Waals surface area contributed by atoms with Crippen LogP contribution in [0.1, 0.15) is 10.5 Å². The predicted molar refractivity (Wildman–Crippen MR) is 136 cm³/mol. The van der Waals surface area contributed by atoms with E-state index >= 15 is 0 Å². The second-order valence-corrected chi connectivity index (χ2v) is 8.81. The van der Waals surface area contributed by atoms with E-state index in [-0.39, 0.29) is 24.0 Å². The van der Waals surface area contributed by atoms with Crippen molar-refractivity contribution in [3.8, 4) is 11.3 Å². The van der Waals surface area contributed by atoms with Crippen LogP contribution in [0, 0.1) is 10.1 Å². The average Bonchev–Trinajstić information content (AvgIpc) is 3.30. The van der Waals surface area contributed by atoms with E-state index in [4.69, 9.17) is 0 Å². The number of amides is 2. The first-order chi connectivity index (χ1) is 17.9. The minimum atomic E-state index is -0.576. The van der Waals surface area contributed by atoms with Crippen LogP contribution in [0.25, 0.3) is 22.2 Å². The van der Waals surface area contributed by atoms with Gasteiger partial charge in [0, 0.05) is 55.1 Å². The Hall–Kier alpha value is -4.71.